The van der Waals surface area contributed by atoms with Crippen molar-refractivity contribution in [2.75, 3.05) is 20.1 Å². The van der Waals surface area contributed by atoms with Crippen molar-refractivity contribution < 1.29 is 9.53 Å². The fourth-order valence-corrected chi connectivity index (χ4v) is 4.02. The number of likely N-dealkylation sites (tertiary alicyclic amines) is 1. The van der Waals surface area contributed by atoms with Crippen molar-refractivity contribution in [2.45, 2.75) is 38.0 Å². The quantitative estimate of drug-likeness (QED) is 0.829. The maximum absolute atomic E-state index is 13.3. The summed E-state index contributed by atoms with van der Waals surface area (Å²) < 4.78 is 6.33. The van der Waals surface area contributed by atoms with E-state index >= 15 is 0 Å². The van der Waals surface area contributed by atoms with Gasteiger partial charge < -0.3 is 9.64 Å². The fraction of sp³-hybridized carbons (Fsp3) is 0.409. The average Bonchev–Trinajstić information content (AvgIpc) is 2.88. The Morgan fingerprint density at radius 3 is 2.62 bits per heavy atom. The van der Waals surface area contributed by atoms with Gasteiger partial charge in [0, 0.05) is 12.1 Å². The molecule has 4 heteroatoms. The lowest BCUT2D eigenvalue weighted by atomic mass is 10.0. The summed E-state index contributed by atoms with van der Waals surface area (Å²) in [7, 11) is 2.07. The Balaban J connectivity index is 1.64. The summed E-state index contributed by atoms with van der Waals surface area (Å²) in [4.78, 5) is 17.5. The van der Waals surface area contributed by atoms with Crippen LogP contribution in [-0.2, 0) is 11.3 Å². The van der Waals surface area contributed by atoms with E-state index in [1.54, 1.807) is 0 Å². The highest BCUT2D eigenvalue weighted by atomic mass is 16.5. The van der Waals surface area contributed by atoms with Crippen LogP contribution in [0, 0.1) is 0 Å². The maximum Gasteiger partial charge on any atom is 0.240 e. The van der Waals surface area contributed by atoms with Gasteiger partial charge in [-0.05, 0) is 38.1 Å². The monoisotopic (exact) mass is 350 g/mol. The van der Waals surface area contributed by atoms with E-state index in [0.717, 1.165) is 36.3 Å². The zero-order valence-corrected chi connectivity index (χ0v) is 15.3. The van der Waals surface area contributed by atoms with Gasteiger partial charge in [-0.25, -0.2) is 0 Å². The second-order valence-electron chi connectivity index (χ2n) is 7.34. The SMILES string of the molecule is CN1CCCCC1C(=O)N1Cc2ccccc2OC(c2ccccc2)C1. The predicted octanol–water partition coefficient (Wildman–Crippen LogP) is 3.63. The number of nitrogens with zero attached hydrogens (tertiary/aromatic N) is 2. The summed E-state index contributed by atoms with van der Waals surface area (Å²) in [6, 6.07) is 18.3. The van der Waals surface area contributed by atoms with Gasteiger partial charge >= 0.3 is 0 Å². The van der Waals surface area contributed by atoms with Gasteiger partial charge in [-0.3, -0.25) is 9.69 Å². The minimum absolute atomic E-state index is 0.00886. The highest BCUT2D eigenvalue weighted by Gasteiger charge is 2.33. The van der Waals surface area contributed by atoms with E-state index in [0.29, 0.717) is 13.1 Å². The third kappa shape index (κ3) is 3.47. The molecular weight excluding hydrogens is 324 g/mol. The summed E-state index contributed by atoms with van der Waals surface area (Å²) >= 11 is 0. The number of para-hydroxylation sites is 1. The van der Waals surface area contributed by atoms with Crippen LogP contribution in [0.3, 0.4) is 0 Å². The molecule has 26 heavy (non-hydrogen) atoms. The first-order valence-corrected chi connectivity index (χ1v) is 9.51. The third-order valence-electron chi connectivity index (χ3n) is 5.53. The van der Waals surface area contributed by atoms with Crippen LogP contribution in [0.15, 0.2) is 54.6 Å². The van der Waals surface area contributed by atoms with Gasteiger partial charge in [-0.15, -0.1) is 0 Å². The number of rotatable bonds is 2. The zero-order chi connectivity index (χ0) is 17.9. The second-order valence-corrected chi connectivity index (χ2v) is 7.34. The Kier molecular flexibility index (Phi) is 4.93. The van der Waals surface area contributed by atoms with Gasteiger partial charge in [0.05, 0.1) is 12.6 Å². The van der Waals surface area contributed by atoms with Crippen LogP contribution in [-0.4, -0.2) is 41.9 Å². The first kappa shape index (κ1) is 17.1. The standard InChI is InChI=1S/C22H26N2O2/c1-23-14-8-7-12-19(23)22(25)24-15-18-11-5-6-13-20(18)26-21(16-24)17-9-3-2-4-10-17/h2-6,9-11,13,19,21H,7-8,12,14-16H2,1H3. The minimum Gasteiger partial charge on any atom is -0.484 e. The molecule has 2 aliphatic heterocycles. The molecule has 0 N–H and O–H groups in total. The van der Waals surface area contributed by atoms with E-state index in [1.807, 2.05) is 41.3 Å². The number of carbonyl (C=O) groups excluding carboxylic acids is 1. The number of carbonyl (C=O) groups is 1. The summed E-state index contributed by atoms with van der Waals surface area (Å²) in [5.41, 5.74) is 2.19. The molecule has 4 nitrogen and oxygen atoms in total. The van der Waals surface area contributed by atoms with Crippen molar-refractivity contribution in [3.8, 4) is 5.75 Å². The zero-order valence-electron chi connectivity index (χ0n) is 15.3. The molecule has 2 aromatic carbocycles. The lowest BCUT2D eigenvalue weighted by molar-refractivity contribution is -0.139. The van der Waals surface area contributed by atoms with Crippen LogP contribution in [0.4, 0.5) is 0 Å². The van der Waals surface area contributed by atoms with Crippen molar-refractivity contribution in [1.82, 2.24) is 9.80 Å². The minimum atomic E-state index is -0.141. The van der Waals surface area contributed by atoms with Crippen molar-refractivity contribution >= 4 is 5.91 Å². The molecule has 2 atom stereocenters. The Morgan fingerprint density at radius 2 is 1.81 bits per heavy atom. The van der Waals surface area contributed by atoms with Crippen LogP contribution in [0.1, 0.15) is 36.5 Å². The fourth-order valence-electron chi connectivity index (χ4n) is 4.02. The molecule has 0 aromatic heterocycles. The number of piperidine rings is 1. The van der Waals surface area contributed by atoms with Gasteiger partial charge in [-0.2, -0.15) is 0 Å². The van der Waals surface area contributed by atoms with E-state index in [9.17, 15) is 4.79 Å². The first-order valence-electron chi connectivity index (χ1n) is 9.51. The topological polar surface area (TPSA) is 32.8 Å². The van der Waals surface area contributed by atoms with Crippen molar-refractivity contribution in [1.29, 1.82) is 0 Å². The van der Waals surface area contributed by atoms with Gasteiger partial charge in [-0.1, -0.05) is 55.0 Å². The number of benzene rings is 2. The van der Waals surface area contributed by atoms with E-state index in [4.69, 9.17) is 4.74 Å². The largest absolute Gasteiger partial charge is 0.484 e. The van der Waals surface area contributed by atoms with Crippen LogP contribution < -0.4 is 4.74 Å². The molecule has 4 rings (SSSR count). The Bertz CT molecular complexity index is 762. The normalized spacial score (nSPS) is 23.7. The molecule has 2 unspecified atom stereocenters. The second kappa shape index (κ2) is 7.50. The molecule has 0 bridgehead atoms. The predicted molar refractivity (Wildman–Crippen MR) is 102 cm³/mol. The smallest absolute Gasteiger partial charge is 0.240 e. The Morgan fingerprint density at radius 1 is 1.04 bits per heavy atom. The summed E-state index contributed by atoms with van der Waals surface area (Å²) in [6.45, 7) is 2.20. The molecule has 1 fully saturated rings. The molecular formula is C22H26N2O2. The van der Waals surface area contributed by atoms with Gasteiger partial charge in [0.15, 0.2) is 0 Å². The van der Waals surface area contributed by atoms with Crippen LogP contribution in [0.2, 0.25) is 0 Å². The molecule has 1 amide bonds. The van der Waals surface area contributed by atoms with Crippen molar-refractivity contribution in [2.24, 2.45) is 0 Å². The summed E-state index contributed by atoms with van der Waals surface area (Å²) in [6.07, 6.45) is 3.12. The van der Waals surface area contributed by atoms with Crippen LogP contribution in [0.25, 0.3) is 0 Å². The molecule has 2 aromatic rings. The average molecular weight is 350 g/mol. The molecule has 0 spiro atoms. The third-order valence-corrected chi connectivity index (χ3v) is 5.53. The van der Waals surface area contributed by atoms with E-state index in [1.165, 1.54) is 6.42 Å². The van der Waals surface area contributed by atoms with Crippen molar-refractivity contribution in [3.05, 3.63) is 65.7 Å². The Hall–Kier alpha value is -2.33. The highest BCUT2D eigenvalue weighted by molar-refractivity contribution is 5.82. The number of ether oxygens (including phenoxy) is 1. The number of hydrogen-bond donors (Lipinski definition) is 0. The molecule has 0 aliphatic carbocycles. The number of amides is 1. The first-order chi connectivity index (χ1) is 12.7. The van der Waals surface area contributed by atoms with Crippen molar-refractivity contribution in [3.63, 3.8) is 0 Å². The molecule has 0 saturated carbocycles. The Labute approximate surface area is 155 Å². The molecule has 0 radical (unpaired) electrons. The van der Waals surface area contributed by atoms with Crippen LogP contribution in [0.5, 0.6) is 5.75 Å². The molecule has 2 aliphatic rings. The number of hydrogen-bond acceptors (Lipinski definition) is 3. The van der Waals surface area contributed by atoms with E-state index in [-0.39, 0.29) is 18.1 Å². The number of likely N-dealkylation sites (N-methyl/N-ethyl adjacent to an activating group) is 1. The summed E-state index contributed by atoms with van der Waals surface area (Å²) in [5.74, 6) is 1.11. The van der Waals surface area contributed by atoms with E-state index < -0.39 is 0 Å². The molecule has 136 valence electrons. The lowest BCUT2D eigenvalue weighted by Gasteiger charge is -2.35. The number of fused-ring (bicyclic) bond motifs is 1. The van der Waals surface area contributed by atoms with Crippen LogP contribution >= 0.6 is 0 Å². The molecule has 1 saturated heterocycles. The van der Waals surface area contributed by atoms with Gasteiger partial charge in [0.25, 0.3) is 0 Å². The van der Waals surface area contributed by atoms with Gasteiger partial charge in [0.1, 0.15) is 11.9 Å². The lowest BCUT2D eigenvalue weighted by Crippen LogP contribution is -2.49. The summed E-state index contributed by atoms with van der Waals surface area (Å²) in [5, 5.41) is 0. The highest BCUT2D eigenvalue weighted by Crippen LogP contribution is 2.32. The maximum atomic E-state index is 13.3. The molecule has 2 heterocycles. The van der Waals surface area contributed by atoms with Gasteiger partial charge in [0.2, 0.25) is 5.91 Å². The van der Waals surface area contributed by atoms with E-state index in [2.05, 4.69) is 30.1 Å².